The first-order valence-corrected chi connectivity index (χ1v) is 9.69. The number of hydrogen-bond acceptors (Lipinski definition) is 3. The number of nitrogens with one attached hydrogen (secondary N) is 1. The van der Waals surface area contributed by atoms with Crippen molar-refractivity contribution in [3.05, 3.63) is 59.1 Å². The average Bonchev–Trinajstić information content (AvgIpc) is 2.96. The first-order chi connectivity index (χ1) is 13.0. The molecule has 2 aromatic rings. The Morgan fingerprint density at radius 1 is 1.00 bits per heavy atom. The number of anilines is 2. The monoisotopic (exact) mass is 384 g/mol. The van der Waals surface area contributed by atoms with E-state index in [-0.39, 0.29) is 17.9 Å². The molecule has 2 aliphatic heterocycles. The molecule has 2 fully saturated rings. The molecule has 2 amide bonds. The number of carbonyl (C=O) groups excluding carboxylic acids is 2. The Morgan fingerprint density at radius 3 is 2.41 bits per heavy atom. The van der Waals surface area contributed by atoms with Crippen molar-refractivity contribution in [1.29, 1.82) is 0 Å². The summed E-state index contributed by atoms with van der Waals surface area (Å²) in [6.45, 7) is 5.32. The number of quaternary nitrogens is 1. The van der Waals surface area contributed by atoms with Crippen LogP contribution in [0.25, 0.3) is 0 Å². The van der Waals surface area contributed by atoms with E-state index >= 15 is 0 Å². The zero-order chi connectivity index (χ0) is 19.0. The maximum Gasteiger partial charge on any atom is 0.292 e. The SMILES string of the molecule is Cc1cccc(N2C(=O)CC([NH+]3CCN(c4cccc(Cl)c4)CC3)C2=O)c1. The van der Waals surface area contributed by atoms with Gasteiger partial charge in [-0.05, 0) is 42.8 Å². The first-order valence-electron chi connectivity index (χ1n) is 9.31. The first kappa shape index (κ1) is 18.0. The number of benzene rings is 2. The molecule has 1 unspecified atom stereocenters. The molecule has 0 aromatic heterocycles. The Morgan fingerprint density at radius 2 is 1.70 bits per heavy atom. The third kappa shape index (κ3) is 3.57. The van der Waals surface area contributed by atoms with E-state index in [2.05, 4.69) is 11.0 Å². The van der Waals surface area contributed by atoms with Crippen molar-refractivity contribution < 1.29 is 14.5 Å². The van der Waals surface area contributed by atoms with Crippen LogP contribution in [-0.2, 0) is 9.59 Å². The molecule has 0 spiro atoms. The number of aryl methyl sites for hydroxylation is 1. The van der Waals surface area contributed by atoms with Crippen molar-refractivity contribution in [3.63, 3.8) is 0 Å². The summed E-state index contributed by atoms with van der Waals surface area (Å²) in [5, 5.41) is 0.729. The van der Waals surface area contributed by atoms with Crippen molar-refractivity contribution in [2.24, 2.45) is 0 Å². The van der Waals surface area contributed by atoms with Crippen molar-refractivity contribution in [2.45, 2.75) is 19.4 Å². The zero-order valence-corrected chi connectivity index (χ0v) is 16.1. The predicted octanol–water partition coefficient (Wildman–Crippen LogP) is 1.69. The van der Waals surface area contributed by atoms with Crippen LogP contribution in [0.2, 0.25) is 5.02 Å². The van der Waals surface area contributed by atoms with E-state index in [4.69, 9.17) is 11.6 Å². The second kappa shape index (κ2) is 7.33. The highest BCUT2D eigenvalue weighted by Crippen LogP contribution is 2.23. The molecule has 0 saturated carbocycles. The maximum atomic E-state index is 13.0. The van der Waals surface area contributed by atoms with Crippen LogP contribution in [0.3, 0.4) is 0 Å². The van der Waals surface area contributed by atoms with Gasteiger partial charge in [0.1, 0.15) is 0 Å². The number of hydrogen-bond donors (Lipinski definition) is 1. The van der Waals surface area contributed by atoms with E-state index in [1.165, 1.54) is 9.80 Å². The second-order valence-corrected chi connectivity index (χ2v) is 7.72. The molecule has 2 heterocycles. The number of carbonyl (C=O) groups is 2. The Kier molecular flexibility index (Phi) is 4.89. The van der Waals surface area contributed by atoms with Crippen LogP contribution in [-0.4, -0.2) is 44.0 Å². The van der Waals surface area contributed by atoms with Crippen LogP contribution in [0.1, 0.15) is 12.0 Å². The van der Waals surface area contributed by atoms with Crippen LogP contribution in [0, 0.1) is 6.92 Å². The number of amides is 2. The van der Waals surface area contributed by atoms with Gasteiger partial charge in [-0.25, -0.2) is 4.90 Å². The van der Waals surface area contributed by atoms with Gasteiger partial charge in [0.2, 0.25) is 5.91 Å². The summed E-state index contributed by atoms with van der Waals surface area (Å²) < 4.78 is 0. The van der Waals surface area contributed by atoms with Crippen LogP contribution in [0.4, 0.5) is 11.4 Å². The molecular weight excluding hydrogens is 362 g/mol. The normalized spacial score (nSPS) is 21.2. The minimum atomic E-state index is -0.278. The van der Waals surface area contributed by atoms with Gasteiger partial charge in [0.25, 0.3) is 5.91 Å². The lowest BCUT2D eigenvalue weighted by molar-refractivity contribution is -0.915. The van der Waals surface area contributed by atoms with Gasteiger partial charge in [-0.1, -0.05) is 29.8 Å². The van der Waals surface area contributed by atoms with E-state index < -0.39 is 0 Å². The average molecular weight is 385 g/mol. The molecule has 140 valence electrons. The third-order valence-electron chi connectivity index (χ3n) is 5.48. The van der Waals surface area contributed by atoms with Crippen LogP contribution in [0.15, 0.2) is 48.5 Å². The van der Waals surface area contributed by atoms with Gasteiger partial charge in [-0.2, -0.15) is 0 Å². The van der Waals surface area contributed by atoms with Crippen molar-refractivity contribution >= 4 is 34.8 Å². The van der Waals surface area contributed by atoms with E-state index in [1.807, 2.05) is 49.4 Å². The van der Waals surface area contributed by atoms with Crippen molar-refractivity contribution in [2.75, 3.05) is 36.0 Å². The van der Waals surface area contributed by atoms with E-state index in [1.54, 1.807) is 0 Å². The molecule has 0 aliphatic carbocycles. The fourth-order valence-corrected chi connectivity index (χ4v) is 4.25. The Bertz CT molecular complexity index is 877. The molecule has 2 aliphatic rings. The summed E-state index contributed by atoms with van der Waals surface area (Å²) in [5.74, 6) is -0.169. The second-order valence-electron chi connectivity index (χ2n) is 7.29. The highest BCUT2D eigenvalue weighted by Gasteiger charge is 2.46. The molecular formula is C21H23ClN3O2+. The number of piperazine rings is 1. The van der Waals surface area contributed by atoms with Gasteiger partial charge >= 0.3 is 0 Å². The summed E-state index contributed by atoms with van der Waals surface area (Å²) >= 11 is 6.10. The Hall–Kier alpha value is -2.37. The maximum absolute atomic E-state index is 13.0. The van der Waals surface area contributed by atoms with E-state index in [0.717, 1.165) is 42.5 Å². The van der Waals surface area contributed by atoms with Gasteiger partial charge in [-0.15, -0.1) is 0 Å². The van der Waals surface area contributed by atoms with Gasteiger partial charge in [0.15, 0.2) is 6.04 Å². The third-order valence-corrected chi connectivity index (χ3v) is 5.71. The van der Waals surface area contributed by atoms with E-state index in [0.29, 0.717) is 12.1 Å². The number of rotatable bonds is 3. The number of halogens is 1. The molecule has 2 saturated heterocycles. The quantitative estimate of drug-likeness (QED) is 0.819. The Labute approximate surface area is 164 Å². The molecule has 1 atom stereocenters. The van der Waals surface area contributed by atoms with Gasteiger partial charge < -0.3 is 9.80 Å². The summed E-state index contributed by atoms with van der Waals surface area (Å²) in [7, 11) is 0. The fraction of sp³-hybridized carbons (Fsp3) is 0.333. The predicted molar refractivity (Wildman–Crippen MR) is 106 cm³/mol. The van der Waals surface area contributed by atoms with Crippen molar-refractivity contribution in [3.8, 4) is 0 Å². The largest absolute Gasteiger partial charge is 0.360 e. The van der Waals surface area contributed by atoms with Crippen LogP contribution >= 0.6 is 11.6 Å². The molecule has 27 heavy (non-hydrogen) atoms. The van der Waals surface area contributed by atoms with Crippen LogP contribution in [0.5, 0.6) is 0 Å². The minimum absolute atomic E-state index is 0.0724. The smallest absolute Gasteiger partial charge is 0.292 e. The summed E-state index contributed by atoms with van der Waals surface area (Å²) in [5.41, 5.74) is 2.83. The highest BCUT2D eigenvalue weighted by molar-refractivity contribution is 6.30. The molecule has 2 aromatic carbocycles. The topological polar surface area (TPSA) is 45.1 Å². The molecule has 5 nitrogen and oxygen atoms in total. The lowest BCUT2D eigenvalue weighted by Gasteiger charge is -2.35. The summed E-state index contributed by atoms with van der Waals surface area (Å²) in [6, 6.07) is 15.1. The number of nitrogens with zero attached hydrogens (tertiary/aromatic N) is 2. The fourth-order valence-electron chi connectivity index (χ4n) is 4.06. The molecule has 6 heteroatoms. The zero-order valence-electron chi connectivity index (χ0n) is 15.3. The van der Waals surface area contributed by atoms with Gasteiger partial charge in [-0.3, -0.25) is 9.59 Å². The summed E-state index contributed by atoms with van der Waals surface area (Å²) in [4.78, 5) is 30.4. The summed E-state index contributed by atoms with van der Waals surface area (Å²) in [6.07, 6.45) is 0.291. The molecule has 4 rings (SSSR count). The molecule has 0 radical (unpaired) electrons. The number of imide groups is 1. The Balaban J connectivity index is 1.44. The minimum Gasteiger partial charge on any atom is -0.360 e. The standard InChI is InChI=1S/C21H22ClN3O2/c1-15-4-2-7-18(12-15)25-20(26)14-19(21(25)27)24-10-8-23(9-11-24)17-6-3-5-16(22)13-17/h2-7,12-13,19H,8-11,14H2,1H3/p+1. The van der Waals surface area contributed by atoms with Gasteiger partial charge in [0, 0.05) is 10.7 Å². The molecule has 1 N–H and O–H groups in total. The highest BCUT2D eigenvalue weighted by atomic mass is 35.5. The lowest BCUT2D eigenvalue weighted by atomic mass is 10.1. The van der Waals surface area contributed by atoms with Gasteiger partial charge in [0.05, 0.1) is 38.3 Å². The van der Waals surface area contributed by atoms with Crippen LogP contribution < -0.4 is 14.7 Å². The lowest BCUT2D eigenvalue weighted by Crippen LogP contribution is -3.19. The van der Waals surface area contributed by atoms with Crippen molar-refractivity contribution in [1.82, 2.24) is 0 Å². The molecule has 0 bridgehead atoms. The van der Waals surface area contributed by atoms with E-state index in [9.17, 15) is 9.59 Å².